The Kier molecular flexibility index (Phi) is 4.98. The highest BCUT2D eigenvalue weighted by atomic mass is 32.1. The average Bonchev–Trinajstić information content (AvgIpc) is 2.79. The fourth-order valence-electron chi connectivity index (χ4n) is 2.13. The number of thiophene rings is 1. The number of carbonyl (C=O) groups excluding carboxylic acids is 1. The second-order valence-electron chi connectivity index (χ2n) is 4.97. The molecule has 1 aromatic heterocycles. The minimum atomic E-state index is -0.0756. The molecule has 0 saturated heterocycles. The van der Waals surface area contributed by atoms with Crippen molar-refractivity contribution in [1.29, 1.82) is 0 Å². The highest BCUT2D eigenvalue weighted by Gasteiger charge is 2.12. The molecule has 2 rings (SSSR count). The quantitative estimate of drug-likeness (QED) is 0.892. The fraction of sp³-hybridized carbons (Fsp3) is 0.312. The Balaban J connectivity index is 2.06. The Morgan fingerprint density at radius 2 is 1.95 bits per heavy atom. The van der Waals surface area contributed by atoms with Crippen molar-refractivity contribution in [3.05, 3.63) is 45.6 Å². The van der Waals surface area contributed by atoms with Crippen LogP contribution < -0.4 is 10.2 Å². The molecule has 112 valence electrons. The van der Waals surface area contributed by atoms with Crippen molar-refractivity contribution in [2.75, 3.05) is 30.4 Å². The summed E-state index contributed by atoms with van der Waals surface area (Å²) in [5.41, 5.74) is 2.51. The van der Waals surface area contributed by atoms with E-state index < -0.39 is 0 Å². The molecule has 0 unspecified atom stereocenters. The summed E-state index contributed by atoms with van der Waals surface area (Å²) in [4.78, 5) is 16.3. The van der Waals surface area contributed by atoms with Gasteiger partial charge in [0.25, 0.3) is 5.91 Å². The molecule has 0 aliphatic heterocycles. The number of hydrogen-bond acceptors (Lipinski definition) is 4. The summed E-state index contributed by atoms with van der Waals surface area (Å²) in [6.07, 6.45) is 0. The topological polar surface area (TPSA) is 52.6 Å². The van der Waals surface area contributed by atoms with E-state index in [-0.39, 0.29) is 12.5 Å². The predicted molar refractivity (Wildman–Crippen MR) is 88.5 cm³/mol. The lowest BCUT2D eigenvalue weighted by molar-refractivity contribution is 0.102. The number of carbonyl (C=O) groups is 1. The molecule has 4 nitrogen and oxygen atoms in total. The van der Waals surface area contributed by atoms with Crippen molar-refractivity contribution < 1.29 is 9.90 Å². The molecular weight excluding hydrogens is 284 g/mol. The second-order valence-corrected chi connectivity index (χ2v) is 6.43. The number of amides is 1. The molecule has 0 bridgehead atoms. The van der Waals surface area contributed by atoms with Crippen LogP contribution >= 0.6 is 11.3 Å². The first-order chi connectivity index (χ1) is 10.0. The molecule has 5 heteroatoms. The summed E-state index contributed by atoms with van der Waals surface area (Å²) in [5, 5.41) is 11.8. The molecular formula is C16H20N2O2S. The lowest BCUT2D eigenvalue weighted by Crippen LogP contribution is -2.21. The third kappa shape index (κ3) is 3.83. The van der Waals surface area contributed by atoms with Gasteiger partial charge >= 0.3 is 0 Å². The van der Waals surface area contributed by atoms with Crippen LogP contribution in [0, 0.1) is 13.8 Å². The van der Waals surface area contributed by atoms with Crippen molar-refractivity contribution in [3.8, 4) is 0 Å². The van der Waals surface area contributed by atoms with E-state index in [9.17, 15) is 4.79 Å². The van der Waals surface area contributed by atoms with Gasteiger partial charge in [0.1, 0.15) is 0 Å². The van der Waals surface area contributed by atoms with Gasteiger partial charge in [0.2, 0.25) is 0 Å². The van der Waals surface area contributed by atoms with E-state index >= 15 is 0 Å². The zero-order chi connectivity index (χ0) is 15.4. The summed E-state index contributed by atoms with van der Waals surface area (Å²) < 4.78 is 0. The van der Waals surface area contributed by atoms with Crippen molar-refractivity contribution in [3.63, 3.8) is 0 Å². The summed E-state index contributed by atoms with van der Waals surface area (Å²) in [6.45, 7) is 4.66. The summed E-state index contributed by atoms with van der Waals surface area (Å²) >= 11 is 1.63. The SMILES string of the molecule is Cc1cc(C(=O)Nc2ccc(N(C)CCO)cc2)c(C)s1. The third-order valence-electron chi connectivity index (χ3n) is 3.29. The predicted octanol–water partition coefficient (Wildman–Crippen LogP) is 3.05. The minimum absolute atomic E-state index is 0.0756. The number of aliphatic hydroxyl groups is 1. The van der Waals surface area contributed by atoms with E-state index in [0.717, 1.165) is 26.7 Å². The van der Waals surface area contributed by atoms with E-state index in [0.29, 0.717) is 6.54 Å². The van der Waals surface area contributed by atoms with Gasteiger partial charge in [-0.3, -0.25) is 4.79 Å². The molecule has 0 fully saturated rings. The summed E-state index contributed by atoms with van der Waals surface area (Å²) in [7, 11) is 1.92. The van der Waals surface area contributed by atoms with Crippen molar-refractivity contribution >= 4 is 28.6 Å². The Hall–Kier alpha value is -1.85. The van der Waals surface area contributed by atoms with Crippen LogP contribution in [0.25, 0.3) is 0 Å². The van der Waals surface area contributed by atoms with Crippen LogP contribution in [-0.4, -0.2) is 31.2 Å². The van der Waals surface area contributed by atoms with Gasteiger partial charge in [0.15, 0.2) is 0 Å². The lowest BCUT2D eigenvalue weighted by Gasteiger charge is -2.18. The van der Waals surface area contributed by atoms with Crippen molar-refractivity contribution in [1.82, 2.24) is 0 Å². The molecule has 2 aromatic rings. The normalized spacial score (nSPS) is 10.5. The molecule has 21 heavy (non-hydrogen) atoms. The molecule has 1 amide bonds. The summed E-state index contributed by atoms with van der Waals surface area (Å²) in [5.74, 6) is -0.0756. The zero-order valence-electron chi connectivity index (χ0n) is 12.5. The number of benzene rings is 1. The van der Waals surface area contributed by atoms with E-state index in [2.05, 4.69) is 5.32 Å². The number of nitrogens with one attached hydrogen (secondary N) is 1. The average molecular weight is 304 g/mol. The van der Waals surface area contributed by atoms with Gasteiger partial charge < -0.3 is 15.3 Å². The number of hydrogen-bond donors (Lipinski definition) is 2. The number of likely N-dealkylation sites (N-methyl/N-ethyl adjacent to an activating group) is 1. The van der Waals surface area contributed by atoms with Crippen LogP contribution in [0.4, 0.5) is 11.4 Å². The molecule has 0 saturated carbocycles. The van der Waals surface area contributed by atoms with Crippen molar-refractivity contribution in [2.45, 2.75) is 13.8 Å². The Morgan fingerprint density at radius 3 is 2.48 bits per heavy atom. The van der Waals surface area contributed by atoms with Crippen LogP contribution in [-0.2, 0) is 0 Å². The van der Waals surface area contributed by atoms with Crippen LogP contribution in [0.3, 0.4) is 0 Å². The van der Waals surface area contributed by atoms with Gasteiger partial charge in [-0.15, -0.1) is 11.3 Å². The van der Waals surface area contributed by atoms with Gasteiger partial charge in [-0.1, -0.05) is 0 Å². The molecule has 1 aromatic carbocycles. The fourth-order valence-corrected chi connectivity index (χ4v) is 3.05. The van der Waals surface area contributed by atoms with Gasteiger partial charge in [-0.05, 0) is 44.2 Å². The molecule has 0 aliphatic rings. The van der Waals surface area contributed by atoms with E-state index in [1.54, 1.807) is 11.3 Å². The Morgan fingerprint density at radius 1 is 1.29 bits per heavy atom. The summed E-state index contributed by atoms with van der Waals surface area (Å²) in [6, 6.07) is 9.51. The van der Waals surface area contributed by atoms with Gasteiger partial charge in [-0.2, -0.15) is 0 Å². The molecule has 0 atom stereocenters. The highest BCUT2D eigenvalue weighted by molar-refractivity contribution is 7.12. The van der Waals surface area contributed by atoms with Gasteiger partial charge in [0, 0.05) is 34.7 Å². The first-order valence-electron chi connectivity index (χ1n) is 6.81. The largest absolute Gasteiger partial charge is 0.395 e. The molecule has 0 spiro atoms. The smallest absolute Gasteiger partial charge is 0.256 e. The maximum absolute atomic E-state index is 12.2. The monoisotopic (exact) mass is 304 g/mol. The lowest BCUT2D eigenvalue weighted by atomic mass is 10.2. The number of aliphatic hydroxyl groups excluding tert-OH is 1. The Bertz CT molecular complexity index is 620. The van der Waals surface area contributed by atoms with Gasteiger partial charge in [0.05, 0.1) is 12.2 Å². The van der Waals surface area contributed by atoms with Crippen molar-refractivity contribution in [2.24, 2.45) is 0 Å². The maximum atomic E-state index is 12.2. The molecule has 1 heterocycles. The Labute approximate surface area is 129 Å². The second kappa shape index (κ2) is 6.74. The standard InChI is InChI=1S/C16H20N2O2S/c1-11-10-15(12(2)21-11)16(20)17-13-4-6-14(7-5-13)18(3)8-9-19/h4-7,10,19H,8-9H2,1-3H3,(H,17,20). The molecule has 0 aliphatic carbocycles. The van der Waals surface area contributed by atoms with E-state index in [1.807, 2.05) is 56.1 Å². The minimum Gasteiger partial charge on any atom is -0.395 e. The first kappa shape index (κ1) is 15.5. The van der Waals surface area contributed by atoms with Crippen LogP contribution in [0.15, 0.2) is 30.3 Å². The number of rotatable bonds is 5. The van der Waals surface area contributed by atoms with Crippen LogP contribution in [0.5, 0.6) is 0 Å². The molecule has 0 radical (unpaired) electrons. The number of anilines is 2. The zero-order valence-corrected chi connectivity index (χ0v) is 13.3. The number of nitrogens with zero attached hydrogens (tertiary/aromatic N) is 1. The number of aryl methyl sites for hydroxylation is 2. The van der Waals surface area contributed by atoms with Crippen LogP contribution in [0.1, 0.15) is 20.1 Å². The maximum Gasteiger partial charge on any atom is 0.256 e. The third-order valence-corrected chi connectivity index (χ3v) is 4.25. The highest BCUT2D eigenvalue weighted by Crippen LogP contribution is 2.22. The first-order valence-corrected chi connectivity index (χ1v) is 7.63. The van der Waals surface area contributed by atoms with Crippen LogP contribution in [0.2, 0.25) is 0 Å². The van der Waals surface area contributed by atoms with E-state index in [1.165, 1.54) is 0 Å². The van der Waals surface area contributed by atoms with Gasteiger partial charge in [-0.25, -0.2) is 0 Å². The molecule has 2 N–H and O–H groups in total. The van der Waals surface area contributed by atoms with E-state index in [4.69, 9.17) is 5.11 Å².